The Morgan fingerprint density at radius 3 is 2.67 bits per heavy atom. The van der Waals surface area contributed by atoms with Gasteiger partial charge in [-0.2, -0.15) is 0 Å². The van der Waals surface area contributed by atoms with Crippen molar-refractivity contribution in [1.82, 2.24) is 0 Å². The minimum absolute atomic E-state index is 0.0654. The quantitative estimate of drug-likeness (QED) is 0.873. The van der Waals surface area contributed by atoms with Crippen LogP contribution in [-0.4, -0.2) is 5.11 Å². The van der Waals surface area contributed by atoms with E-state index in [4.69, 9.17) is 15.6 Å². The smallest absolute Gasteiger partial charge is 0.134 e. The number of halogens is 1. The van der Waals surface area contributed by atoms with Crippen LogP contribution in [0.5, 0.6) is 11.5 Å². The number of aliphatic hydroxyl groups excluding tert-OH is 1. The number of aliphatic hydroxyl groups is 1. The lowest BCUT2D eigenvalue weighted by atomic mass is 10.2. The summed E-state index contributed by atoms with van der Waals surface area (Å²) >= 11 is 0. The van der Waals surface area contributed by atoms with E-state index >= 15 is 0 Å². The summed E-state index contributed by atoms with van der Waals surface area (Å²) in [5, 5.41) is 9.04. The molecule has 0 aliphatic heterocycles. The van der Waals surface area contributed by atoms with E-state index in [2.05, 4.69) is 0 Å². The van der Waals surface area contributed by atoms with Crippen molar-refractivity contribution >= 4 is 0 Å². The summed E-state index contributed by atoms with van der Waals surface area (Å²) in [4.78, 5) is 0. The Kier molecular flexibility index (Phi) is 3.92. The molecule has 0 unspecified atom stereocenters. The van der Waals surface area contributed by atoms with Gasteiger partial charge in [-0.05, 0) is 29.8 Å². The first kappa shape index (κ1) is 12.5. The highest BCUT2D eigenvalue weighted by molar-refractivity contribution is 5.39. The molecule has 2 rings (SSSR count). The standard InChI is InChI=1S/C14H14FNO2/c15-13-5-2-6-14(12(13)8-16)18-11-4-1-3-10(7-11)9-17/h1-7,17H,8-9,16H2. The van der Waals surface area contributed by atoms with Gasteiger partial charge in [0, 0.05) is 12.1 Å². The Bertz CT molecular complexity index is 543. The molecule has 0 spiro atoms. The fourth-order valence-corrected chi connectivity index (χ4v) is 1.67. The number of hydrogen-bond donors (Lipinski definition) is 2. The molecule has 0 bridgehead atoms. The maximum atomic E-state index is 13.5. The first-order valence-electron chi connectivity index (χ1n) is 5.59. The van der Waals surface area contributed by atoms with Gasteiger partial charge in [0.15, 0.2) is 0 Å². The van der Waals surface area contributed by atoms with Crippen molar-refractivity contribution < 1.29 is 14.2 Å². The van der Waals surface area contributed by atoms with E-state index in [1.54, 1.807) is 36.4 Å². The molecule has 0 aliphatic rings. The fraction of sp³-hybridized carbons (Fsp3) is 0.143. The van der Waals surface area contributed by atoms with E-state index in [0.29, 0.717) is 17.1 Å². The second kappa shape index (κ2) is 5.62. The van der Waals surface area contributed by atoms with E-state index in [1.807, 2.05) is 0 Å². The van der Waals surface area contributed by atoms with Gasteiger partial charge in [0.05, 0.1) is 6.61 Å². The molecule has 0 heterocycles. The van der Waals surface area contributed by atoms with Gasteiger partial charge < -0.3 is 15.6 Å². The van der Waals surface area contributed by atoms with Crippen LogP contribution in [0.4, 0.5) is 4.39 Å². The summed E-state index contributed by atoms with van der Waals surface area (Å²) in [7, 11) is 0. The first-order chi connectivity index (χ1) is 8.74. The molecular weight excluding hydrogens is 233 g/mol. The lowest BCUT2D eigenvalue weighted by Crippen LogP contribution is -2.02. The van der Waals surface area contributed by atoms with Gasteiger partial charge in [-0.15, -0.1) is 0 Å². The third-order valence-electron chi connectivity index (χ3n) is 2.59. The zero-order valence-corrected chi connectivity index (χ0v) is 9.77. The predicted octanol–water partition coefficient (Wildman–Crippen LogP) is 2.57. The van der Waals surface area contributed by atoms with Crippen LogP contribution in [0.15, 0.2) is 42.5 Å². The molecule has 3 nitrogen and oxygen atoms in total. The van der Waals surface area contributed by atoms with E-state index < -0.39 is 0 Å². The summed E-state index contributed by atoms with van der Waals surface area (Å²) in [6.45, 7) is 0.00575. The van der Waals surface area contributed by atoms with Gasteiger partial charge in [0.25, 0.3) is 0 Å². The zero-order valence-electron chi connectivity index (χ0n) is 9.77. The highest BCUT2D eigenvalue weighted by Crippen LogP contribution is 2.27. The topological polar surface area (TPSA) is 55.5 Å². The Labute approximate surface area is 105 Å². The maximum Gasteiger partial charge on any atom is 0.134 e. The third-order valence-corrected chi connectivity index (χ3v) is 2.59. The first-order valence-corrected chi connectivity index (χ1v) is 5.59. The van der Waals surface area contributed by atoms with Gasteiger partial charge in [-0.25, -0.2) is 4.39 Å². The highest BCUT2D eigenvalue weighted by atomic mass is 19.1. The van der Waals surface area contributed by atoms with Gasteiger partial charge in [0.2, 0.25) is 0 Å². The summed E-state index contributed by atoms with van der Waals surface area (Å²) in [6.07, 6.45) is 0. The van der Waals surface area contributed by atoms with Crippen molar-refractivity contribution in [3.05, 3.63) is 59.4 Å². The van der Waals surface area contributed by atoms with Crippen LogP contribution in [0.1, 0.15) is 11.1 Å². The normalized spacial score (nSPS) is 10.4. The van der Waals surface area contributed by atoms with Crippen LogP contribution in [-0.2, 0) is 13.2 Å². The summed E-state index contributed by atoms with van der Waals surface area (Å²) in [6, 6.07) is 11.6. The monoisotopic (exact) mass is 247 g/mol. The molecule has 18 heavy (non-hydrogen) atoms. The lowest BCUT2D eigenvalue weighted by molar-refractivity contribution is 0.281. The van der Waals surface area contributed by atoms with Crippen molar-refractivity contribution in [2.75, 3.05) is 0 Å². The van der Waals surface area contributed by atoms with Gasteiger partial charge >= 0.3 is 0 Å². The molecule has 0 radical (unpaired) electrons. The minimum Gasteiger partial charge on any atom is -0.457 e. The fourth-order valence-electron chi connectivity index (χ4n) is 1.67. The van der Waals surface area contributed by atoms with Crippen molar-refractivity contribution in [3.8, 4) is 11.5 Å². The maximum absolute atomic E-state index is 13.5. The molecule has 4 heteroatoms. The van der Waals surface area contributed by atoms with Gasteiger partial charge in [-0.3, -0.25) is 0 Å². The summed E-state index contributed by atoms with van der Waals surface area (Å²) in [5.74, 6) is 0.558. The number of nitrogens with two attached hydrogens (primary N) is 1. The molecule has 0 saturated heterocycles. The zero-order chi connectivity index (χ0) is 13.0. The lowest BCUT2D eigenvalue weighted by Gasteiger charge is -2.11. The van der Waals surface area contributed by atoms with Crippen LogP contribution in [0, 0.1) is 5.82 Å². The van der Waals surface area contributed by atoms with E-state index in [-0.39, 0.29) is 19.0 Å². The van der Waals surface area contributed by atoms with E-state index in [1.165, 1.54) is 6.07 Å². The molecule has 0 fully saturated rings. The van der Waals surface area contributed by atoms with Crippen LogP contribution in [0.25, 0.3) is 0 Å². The molecular formula is C14H14FNO2. The summed E-state index contributed by atoms with van der Waals surface area (Å²) in [5.41, 5.74) is 6.58. The molecule has 0 amide bonds. The Hall–Kier alpha value is -1.91. The second-order valence-corrected chi connectivity index (χ2v) is 3.83. The van der Waals surface area contributed by atoms with Crippen molar-refractivity contribution in [1.29, 1.82) is 0 Å². The molecule has 0 aromatic heterocycles. The molecule has 0 aliphatic carbocycles. The van der Waals surface area contributed by atoms with Gasteiger partial charge in [0.1, 0.15) is 17.3 Å². The predicted molar refractivity (Wildman–Crippen MR) is 66.7 cm³/mol. The average Bonchev–Trinajstić information content (AvgIpc) is 2.39. The minimum atomic E-state index is -0.381. The van der Waals surface area contributed by atoms with Crippen molar-refractivity contribution in [3.63, 3.8) is 0 Å². The second-order valence-electron chi connectivity index (χ2n) is 3.83. The molecule has 2 aromatic carbocycles. The molecule has 3 N–H and O–H groups in total. The SMILES string of the molecule is NCc1c(F)cccc1Oc1cccc(CO)c1. The van der Waals surface area contributed by atoms with Crippen LogP contribution < -0.4 is 10.5 Å². The average molecular weight is 247 g/mol. The van der Waals surface area contributed by atoms with Crippen LogP contribution >= 0.6 is 0 Å². The van der Waals surface area contributed by atoms with E-state index in [9.17, 15) is 4.39 Å². The third kappa shape index (κ3) is 2.67. The van der Waals surface area contributed by atoms with Gasteiger partial charge in [-0.1, -0.05) is 18.2 Å². The van der Waals surface area contributed by atoms with Crippen molar-refractivity contribution in [2.24, 2.45) is 5.73 Å². The number of rotatable bonds is 4. The Morgan fingerprint density at radius 1 is 1.17 bits per heavy atom. The molecule has 94 valence electrons. The Balaban J connectivity index is 2.30. The number of benzene rings is 2. The summed E-state index contributed by atoms with van der Waals surface area (Å²) < 4.78 is 19.1. The number of ether oxygens (including phenoxy) is 1. The van der Waals surface area contributed by atoms with E-state index in [0.717, 1.165) is 5.56 Å². The molecule has 0 saturated carbocycles. The van der Waals surface area contributed by atoms with Crippen molar-refractivity contribution in [2.45, 2.75) is 13.2 Å². The Morgan fingerprint density at radius 2 is 1.94 bits per heavy atom. The van der Waals surface area contributed by atoms with Crippen LogP contribution in [0.2, 0.25) is 0 Å². The number of hydrogen-bond acceptors (Lipinski definition) is 3. The molecule has 2 aromatic rings. The van der Waals surface area contributed by atoms with Crippen LogP contribution in [0.3, 0.4) is 0 Å². The molecule has 0 atom stereocenters. The largest absolute Gasteiger partial charge is 0.457 e. The highest BCUT2D eigenvalue weighted by Gasteiger charge is 2.08.